The first-order valence-electron chi connectivity index (χ1n) is 8.64. The fraction of sp³-hybridized carbons (Fsp3) is 0.211. The maximum atomic E-state index is 5.82. The van der Waals surface area contributed by atoms with Crippen molar-refractivity contribution in [3.05, 3.63) is 53.9 Å². The average molecular weight is 363 g/mol. The van der Waals surface area contributed by atoms with E-state index in [-0.39, 0.29) is 0 Å². The lowest BCUT2D eigenvalue weighted by Gasteiger charge is -2.18. The molecule has 0 bridgehead atoms. The van der Waals surface area contributed by atoms with Crippen molar-refractivity contribution in [2.24, 2.45) is 0 Å². The molecule has 0 unspecified atom stereocenters. The molecule has 4 aromatic rings. The molecular weight excluding hydrogens is 346 g/mol. The van der Waals surface area contributed by atoms with Crippen molar-refractivity contribution in [3.63, 3.8) is 0 Å². The molecule has 0 amide bonds. The summed E-state index contributed by atoms with van der Waals surface area (Å²) in [6, 6.07) is 11.6. The Bertz CT molecular complexity index is 1070. The molecule has 6 nitrogen and oxygen atoms in total. The quantitative estimate of drug-likeness (QED) is 0.438. The monoisotopic (exact) mass is 363 g/mol. The van der Waals surface area contributed by atoms with E-state index in [2.05, 4.69) is 10.1 Å². The summed E-state index contributed by atoms with van der Waals surface area (Å²) in [5.74, 6) is 1.83. The molecule has 0 saturated carbocycles. The van der Waals surface area contributed by atoms with Crippen LogP contribution in [0.15, 0.2) is 57.0 Å². The molecular formula is C19H17N5OS. The van der Waals surface area contributed by atoms with Gasteiger partial charge in [-0.15, -0.1) is 5.10 Å². The summed E-state index contributed by atoms with van der Waals surface area (Å²) in [6.45, 7) is 0. The van der Waals surface area contributed by atoms with Gasteiger partial charge >= 0.3 is 0 Å². The Kier molecular flexibility index (Phi) is 3.67. The summed E-state index contributed by atoms with van der Waals surface area (Å²) in [5, 5.41) is 5.76. The van der Waals surface area contributed by atoms with Crippen molar-refractivity contribution in [3.8, 4) is 11.6 Å². The fourth-order valence-electron chi connectivity index (χ4n) is 3.27. The molecule has 2 N–H and O–H groups in total. The fourth-order valence-corrected chi connectivity index (χ4v) is 4.31. The Hall–Kier alpha value is -2.80. The normalized spacial score (nSPS) is 13.8. The Morgan fingerprint density at radius 1 is 1.04 bits per heavy atom. The third-order valence-electron chi connectivity index (χ3n) is 4.55. The van der Waals surface area contributed by atoms with E-state index in [0.29, 0.717) is 17.4 Å². The van der Waals surface area contributed by atoms with Gasteiger partial charge in [-0.3, -0.25) is 0 Å². The predicted octanol–water partition coefficient (Wildman–Crippen LogP) is 4.00. The predicted molar refractivity (Wildman–Crippen MR) is 100 cm³/mol. The Morgan fingerprint density at radius 2 is 1.88 bits per heavy atom. The minimum atomic E-state index is 0.559. The molecule has 7 heteroatoms. The molecule has 3 aromatic heterocycles. The highest BCUT2D eigenvalue weighted by Crippen LogP contribution is 2.35. The molecule has 1 aliphatic rings. The first kappa shape index (κ1) is 15.5. The van der Waals surface area contributed by atoms with Gasteiger partial charge in [0, 0.05) is 16.1 Å². The topological polar surface area (TPSA) is 82.2 Å². The number of nitrogens with zero attached hydrogens (tertiary/aromatic N) is 4. The van der Waals surface area contributed by atoms with Gasteiger partial charge in [-0.1, -0.05) is 11.8 Å². The molecule has 130 valence electrons. The number of aromatic nitrogens is 4. The number of nitrogens with two attached hydrogens (primary N) is 1. The van der Waals surface area contributed by atoms with Gasteiger partial charge < -0.3 is 10.2 Å². The molecule has 0 aliphatic heterocycles. The molecule has 0 atom stereocenters. The maximum Gasteiger partial charge on any atom is 0.254 e. The van der Waals surface area contributed by atoms with Gasteiger partial charge in [0.25, 0.3) is 5.78 Å². The Balaban J connectivity index is 1.68. The van der Waals surface area contributed by atoms with E-state index in [0.717, 1.165) is 34.1 Å². The van der Waals surface area contributed by atoms with Gasteiger partial charge in [0.2, 0.25) is 5.82 Å². The maximum absolute atomic E-state index is 5.82. The minimum Gasteiger partial charge on any atom is -0.461 e. The van der Waals surface area contributed by atoms with E-state index in [1.807, 2.05) is 40.9 Å². The van der Waals surface area contributed by atoms with Crippen LogP contribution in [0.4, 0.5) is 5.69 Å². The van der Waals surface area contributed by atoms with E-state index < -0.39 is 0 Å². The standard InChI is InChI=1S/C19H17N5OS/c20-12-7-9-13(10-8-12)26-18-14-4-1-2-5-15(14)21-19-22-17(23-24(18)19)16-6-3-11-25-16/h3,6-11H,1-2,4-5,20H2. The molecule has 26 heavy (non-hydrogen) atoms. The van der Waals surface area contributed by atoms with E-state index in [9.17, 15) is 0 Å². The van der Waals surface area contributed by atoms with E-state index in [1.54, 1.807) is 18.0 Å². The van der Waals surface area contributed by atoms with Crippen LogP contribution in [0.1, 0.15) is 24.1 Å². The zero-order valence-electron chi connectivity index (χ0n) is 14.1. The highest BCUT2D eigenvalue weighted by Gasteiger charge is 2.22. The minimum absolute atomic E-state index is 0.559. The van der Waals surface area contributed by atoms with Crippen LogP contribution >= 0.6 is 11.8 Å². The van der Waals surface area contributed by atoms with Crippen molar-refractivity contribution in [2.75, 3.05) is 5.73 Å². The van der Waals surface area contributed by atoms with Crippen LogP contribution in [0, 0.1) is 0 Å². The number of furan rings is 1. The van der Waals surface area contributed by atoms with Gasteiger partial charge in [0.1, 0.15) is 5.03 Å². The summed E-state index contributed by atoms with van der Waals surface area (Å²) in [5.41, 5.74) is 9.00. The first-order valence-corrected chi connectivity index (χ1v) is 9.45. The van der Waals surface area contributed by atoms with Crippen LogP contribution in [0.5, 0.6) is 0 Å². The molecule has 0 saturated heterocycles. The highest BCUT2D eigenvalue weighted by atomic mass is 32.2. The lowest BCUT2D eigenvalue weighted by atomic mass is 9.97. The second kappa shape index (κ2) is 6.17. The molecule has 1 aliphatic carbocycles. The molecule has 0 fully saturated rings. The first-order chi connectivity index (χ1) is 12.8. The number of nitrogen functional groups attached to an aromatic ring is 1. The largest absolute Gasteiger partial charge is 0.461 e. The lowest BCUT2D eigenvalue weighted by molar-refractivity contribution is 0.576. The highest BCUT2D eigenvalue weighted by molar-refractivity contribution is 7.99. The summed E-state index contributed by atoms with van der Waals surface area (Å²) >= 11 is 1.69. The summed E-state index contributed by atoms with van der Waals surface area (Å²) in [6.07, 6.45) is 5.98. The number of hydrogen-bond acceptors (Lipinski definition) is 6. The Morgan fingerprint density at radius 3 is 2.69 bits per heavy atom. The number of aryl methyl sites for hydroxylation is 1. The summed E-state index contributed by atoms with van der Waals surface area (Å²) < 4.78 is 7.31. The van der Waals surface area contributed by atoms with Gasteiger partial charge in [0.05, 0.1) is 12.0 Å². The van der Waals surface area contributed by atoms with E-state index in [4.69, 9.17) is 15.1 Å². The van der Waals surface area contributed by atoms with Crippen LogP contribution in [0.25, 0.3) is 17.4 Å². The van der Waals surface area contributed by atoms with Crippen molar-refractivity contribution in [1.82, 2.24) is 19.6 Å². The average Bonchev–Trinajstić information content (AvgIpc) is 3.32. The van der Waals surface area contributed by atoms with Crippen molar-refractivity contribution >= 4 is 23.2 Å². The van der Waals surface area contributed by atoms with Gasteiger partial charge in [0.15, 0.2) is 5.76 Å². The number of rotatable bonds is 3. The number of benzene rings is 1. The second-order valence-corrected chi connectivity index (χ2v) is 7.41. The SMILES string of the molecule is Nc1ccc(Sc2c3c(nc4nc(-c5ccco5)nn24)CCCC3)cc1. The zero-order valence-corrected chi connectivity index (χ0v) is 14.9. The lowest BCUT2D eigenvalue weighted by Crippen LogP contribution is -2.11. The zero-order chi connectivity index (χ0) is 17.5. The van der Waals surface area contributed by atoms with Crippen LogP contribution in [-0.4, -0.2) is 19.6 Å². The summed E-state index contributed by atoms with van der Waals surface area (Å²) in [7, 11) is 0. The van der Waals surface area contributed by atoms with Crippen LogP contribution in [0.3, 0.4) is 0 Å². The number of fused-ring (bicyclic) bond motifs is 2. The Labute approximate surface area is 154 Å². The third-order valence-corrected chi connectivity index (χ3v) is 5.67. The third kappa shape index (κ3) is 2.64. The molecule has 3 heterocycles. The van der Waals surface area contributed by atoms with Gasteiger partial charge in [-0.25, -0.2) is 4.98 Å². The van der Waals surface area contributed by atoms with E-state index in [1.165, 1.54) is 18.4 Å². The van der Waals surface area contributed by atoms with Crippen LogP contribution in [-0.2, 0) is 12.8 Å². The smallest absolute Gasteiger partial charge is 0.254 e. The van der Waals surface area contributed by atoms with Crippen LogP contribution in [0.2, 0.25) is 0 Å². The van der Waals surface area contributed by atoms with Crippen molar-refractivity contribution in [1.29, 1.82) is 0 Å². The van der Waals surface area contributed by atoms with Crippen LogP contribution < -0.4 is 5.73 Å². The molecule has 0 spiro atoms. The number of anilines is 1. The molecule has 0 radical (unpaired) electrons. The van der Waals surface area contributed by atoms with Gasteiger partial charge in [-0.05, 0) is 62.1 Å². The van der Waals surface area contributed by atoms with Crippen molar-refractivity contribution in [2.45, 2.75) is 35.6 Å². The molecule has 1 aromatic carbocycles. The van der Waals surface area contributed by atoms with Gasteiger partial charge in [-0.2, -0.15) is 9.50 Å². The van der Waals surface area contributed by atoms with E-state index >= 15 is 0 Å². The van der Waals surface area contributed by atoms with Crippen molar-refractivity contribution < 1.29 is 4.42 Å². The number of hydrogen-bond donors (Lipinski definition) is 1. The summed E-state index contributed by atoms with van der Waals surface area (Å²) in [4.78, 5) is 10.5. The second-order valence-electron chi connectivity index (χ2n) is 6.34. The molecule has 5 rings (SSSR count).